The predicted octanol–water partition coefficient (Wildman–Crippen LogP) is 2.86. The third kappa shape index (κ3) is 4.28. The fourth-order valence-electron chi connectivity index (χ4n) is 4.72. The highest BCUT2D eigenvalue weighted by molar-refractivity contribution is 5.86. The Kier molecular flexibility index (Phi) is 6.09. The van der Waals surface area contributed by atoms with E-state index in [1.54, 1.807) is 6.92 Å². The summed E-state index contributed by atoms with van der Waals surface area (Å²) < 4.78 is 36.0. The summed E-state index contributed by atoms with van der Waals surface area (Å²) in [5.41, 5.74) is 0.384. The number of esters is 1. The molecule has 3 atom stereocenters. The van der Waals surface area contributed by atoms with Crippen LogP contribution in [-0.4, -0.2) is 62.3 Å². The SMILES string of the molecule is C=C(C)C(=O)OCCOCC1OC2(CCCC2)OC1C1COC2(CCCC2)O1. The highest BCUT2D eigenvalue weighted by atomic mass is 16.8. The van der Waals surface area contributed by atoms with E-state index < -0.39 is 17.5 Å². The zero-order chi connectivity index (χ0) is 19.6. The molecule has 2 saturated carbocycles. The molecule has 28 heavy (non-hydrogen) atoms. The molecule has 2 saturated heterocycles. The molecule has 4 rings (SSSR count). The van der Waals surface area contributed by atoms with Crippen molar-refractivity contribution >= 4 is 5.97 Å². The van der Waals surface area contributed by atoms with Gasteiger partial charge in [-0.3, -0.25) is 0 Å². The van der Waals surface area contributed by atoms with Gasteiger partial charge in [-0.05, 0) is 32.6 Å². The molecule has 2 aliphatic carbocycles. The van der Waals surface area contributed by atoms with Crippen molar-refractivity contribution < 1.29 is 33.2 Å². The van der Waals surface area contributed by atoms with Crippen molar-refractivity contribution in [2.75, 3.05) is 26.4 Å². The Bertz CT molecular complexity index is 577. The van der Waals surface area contributed by atoms with Crippen LogP contribution in [0.5, 0.6) is 0 Å². The van der Waals surface area contributed by atoms with Gasteiger partial charge in [0.15, 0.2) is 11.6 Å². The van der Waals surface area contributed by atoms with Crippen LogP contribution >= 0.6 is 0 Å². The van der Waals surface area contributed by atoms with Crippen LogP contribution in [0.25, 0.3) is 0 Å². The maximum atomic E-state index is 11.4. The third-order valence-corrected chi connectivity index (χ3v) is 6.15. The number of hydrogen-bond donors (Lipinski definition) is 0. The molecule has 0 bridgehead atoms. The number of carbonyl (C=O) groups excluding carboxylic acids is 1. The zero-order valence-corrected chi connectivity index (χ0v) is 16.8. The van der Waals surface area contributed by atoms with E-state index in [9.17, 15) is 4.79 Å². The Morgan fingerprint density at radius 1 is 1.00 bits per heavy atom. The first-order valence-corrected chi connectivity index (χ1v) is 10.6. The van der Waals surface area contributed by atoms with Crippen LogP contribution in [0.15, 0.2) is 12.2 Å². The van der Waals surface area contributed by atoms with E-state index in [0.29, 0.717) is 25.4 Å². The molecule has 7 nitrogen and oxygen atoms in total. The summed E-state index contributed by atoms with van der Waals surface area (Å²) in [4.78, 5) is 11.4. The average Bonchev–Trinajstić information content (AvgIpc) is 3.46. The number of hydrogen-bond acceptors (Lipinski definition) is 7. The molecule has 0 radical (unpaired) electrons. The van der Waals surface area contributed by atoms with Crippen molar-refractivity contribution in [1.29, 1.82) is 0 Å². The van der Waals surface area contributed by atoms with E-state index in [1.165, 1.54) is 0 Å². The lowest BCUT2D eigenvalue weighted by Gasteiger charge is -2.26. The lowest BCUT2D eigenvalue weighted by Crippen LogP contribution is -2.41. The summed E-state index contributed by atoms with van der Waals surface area (Å²) in [5, 5.41) is 0. The van der Waals surface area contributed by atoms with Crippen molar-refractivity contribution in [3.05, 3.63) is 12.2 Å². The molecule has 4 aliphatic rings. The van der Waals surface area contributed by atoms with Gasteiger partial charge < -0.3 is 28.4 Å². The summed E-state index contributed by atoms with van der Waals surface area (Å²) in [7, 11) is 0. The first-order valence-electron chi connectivity index (χ1n) is 10.6. The van der Waals surface area contributed by atoms with E-state index in [2.05, 4.69) is 6.58 Å². The zero-order valence-electron chi connectivity index (χ0n) is 16.8. The van der Waals surface area contributed by atoms with Gasteiger partial charge in [0, 0.05) is 31.3 Å². The molecule has 0 N–H and O–H groups in total. The number of carbonyl (C=O) groups is 1. The van der Waals surface area contributed by atoms with Crippen LogP contribution in [0.3, 0.4) is 0 Å². The van der Waals surface area contributed by atoms with E-state index >= 15 is 0 Å². The topological polar surface area (TPSA) is 72.5 Å². The Morgan fingerprint density at radius 3 is 2.36 bits per heavy atom. The molecule has 3 unspecified atom stereocenters. The maximum Gasteiger partial charge on any atom is 0.333 e. The second-order valence-electron chi connectivity index (χ2n) is 8.43. The van der Waals surface area contributed by atoms with Crippen molar-refractivity contribution in [3.63, 3.8) is 0 Å². The van der Waals surface area contributed by atoms with E-state index in [-0.39, 0.29) is 24.9 Å². The average molecular weight is 396 g/mol. The van der Waals surface area contributed by atoms with Gasteiger partial charge in [-0.1, -0.05) is 6.58 Å². The minimum atomic E-state index is -0.500. The summed E-state index contributed by atoms with van der Waals surface area (Å²) in [6.07, 6.45) is 7.72. The van der Waals surface area contributed by atoms with Crippen LogP contribution in [-0.2, 0) is 33.2 Å². The van der Waals surface area contributed by atoms with E-state index in [4.69, 9.17) is 28.4 Å². The minimum Gasteiger partial charge on any atom is -0.460 e. The summed E-state index contributed by atoms with van der Waals surface area (Å²) >= 11 is 0. The number of ether oxygens (including phenoxy) is 6. The standard InChI is InChI=1S/C21H32O7/c1-15(2)19(22)24-12-11-23-13-16-18(28-21(27-16)9-5-6-10-21)17-14-25-20(26-17)7-3-4-8-20/h16-18H,1,3-14H2,2H3. The quantitative estimate of drug-likeness (QED) is 0.372. The summed E-state index contributed by atoms with van der Waals surface area (Å²) in [5.74, 6) is -1.31. The Morgan fingerprint density at radius 2 is 1.68 bits per heavy atom. The van der Waals surface area contributed by atoms with E-state index in [0.717, 1.165) is 51.4 Å². The normalized spacial score (nSPS) is 33.1. The van der Waals surface area contributed by atoms with Crippen molar-refractivity contribution in [3.8, 4) is 0 Å². The molecule has 2 spiro atoms. The van der Waals surface area contributed by atoms with Crippen LogP contribution in [0, 0.1) is 0 Å². The van der Waals surface area contributed by atoms with Crippen LogP contribution in [0.2, 0.25) is 0 Å². The molecular weight excluding hydrogens is 364 g/mol. The summed E-state index contributed by atoms with van der Waals surface area (Å²) in [6.45, 7) is 6.61. The maximum absolute atomic E-state index is 11.4. The monoisotopic (exact) mass is 396 g/mol. The van der Waals surface area contributed by atoms with Gasteiger partial charge in [-0.25, -0.2) is 4.79 Å². The third-order valence-electron chi connectivity index (χ3n) is 6.15. The molecule has 2 aliphatic heterocycles. The lowest BCUT2D eigenvalue weighted by atomic mass is 10.1. The molecule has 158 valence electrons. The van der Waals surface area contributed by atoms with Gasteiger partial charge >= 0.3 is 5.97 Å². The molecule has 0 aromatic heterocycles. The highest BCUT2D eigenvalue weighted by Gasteiger charge is 2.55. The fraction of sp³-hybridized carbons (Fsp3) is 0.857. The van der Waals surface area contributed by atoms with Gasteiger partial charge in [0.2, 0.25) is 0 Å². The minimum absolute atomic E-state index is 0.132. The van der Waals surface area contributed by atoms with Gasteiger partial charge in [-0.2, -0.15) is 0 Å². The molecule has 2 heterocycles. The van der Waals surface area contributed by atoms with Crippen molar-refractivity contribution in [2.24, 2.45) is 0 Å². The number of rotatable bonds is 7. The molecule has 0 aromatic rings. The van der Waals surface area contributed by atoms with Gasteiger partial charge in [0.25, 0.3) is 0 Å². The first-order chi connectivity index (χ1) is 13.5. The predicted molar refractivity (Wildman–Crippen MR) is 99.6 cm³/mol. The first kappa shape index (κ1) is 20.3. The van der Waals surface area contributed by atoms with Crippen LogP contribution < -0.4 is 0 Å². The summed E-state index contributed by atoms with van der Waals surface area (Å²) in [6, 6.07) is 0. The van der Waals surface area contributed by atoms with Crippen LogP contribution in [0.4, 0.5) is 0 Å². The second-order valence-corrected chi connectivity index (χ2v) is 8.43. The fourth-order valence-corrected chi connectivity index (χ4v) is 4.72. The van der Waals surface area contributed by atoms with Crippen LogP contribution in [0.1, 0.15) is 58.3 Å². The molecular formula is C21H32O7. The Balaban J connectivity index is 1.31. The van der Waals surface area contributed by atoms with Crippen molar-refractivity contribution in [2.45, 2.75) is 88.2 Å². The van der Waals surface area contributed by atoms with E-state index in [1.807, 2.05) is 0 Å². The largest absolute Gasteiger partial charge is 0.460 e. The van der Waals surface area contributed by atoms with Gasteiger partial charge in [-0.15, -0.1) is 0 Å². The molecule has 4 fully saturated rings. The molecule has 0 amide bonds. The van der Waals surface area contributed by atoms with Crippen molar-refractivity contribution in [1.82, 2.24) is 0 Å². The lowest BCUT2D eigenvalue weighted by molar-refractivity contribution is -0.195. The highest BCUT2D eigenvalue weighted by Crippen LogP contribution is 2.46. The Labute approximate surface area is 166 Å². The second kappa shape index (κ2) is 8.40. The molecule has 7 heteroatoms. The smallest absolute Gasteiger partial charge is 0.333 e. The van der Waals surface area contributed by atoms with Gasteiger partial charge in [0.1, 0.15) is 24.9 Å². The Hall–Kier alpha value is -0.990. The molecule has 0 aromatic carbocycles. The van der Waals surface area contributed by atoms with Gasteiger partial charge in [0.05, 0.1) is 19.8 Å².